The predicted molar refractivity (Wildman–Crippen MR) is 82.1 cm³/mol. The molecule has 3 rings (SSSR count). The zero-order valence-electron chi connectivity index (χ0n) is 10.9. The van der Waals surface area contributed by atoms with Gasteiger partial charge in [-0.15, -0.1) is 11.3 Å². The van der Waals surface area contributed by atoms with Gasteiger partial charge < -0.3 is 5.32 Å². The van der Waals surface area contributed by atoms with E-state index in [1.807, 2.05) is 13.0 Å². The summed E-state index contributed by atoms with van der Waals surface area (Å²) < 4.78 is 14.0. The van der Waals surface area contributed by atoms with Gasteiger partial charge in [0.2, 0.25) is 0 Å². The van der Waals surface area contributed by atoms with E-state index < -0.39 is 5.82 Å². The fourth-order valence-corrected chi connectivity index (χ4v) is 3.18. The smallest absolute Gasteiger partial charge is 0.167 e. The van der Waals surface area contributed by atoms with Crippen LogP contribution in [0.5, 0.6) is 0 Å². The van der Waals surface area contributed by atoms with Crippen LogP contribution in [-0.2, 0) is 0 Å². The Labute approximate surface area is 124 Å². The molecule has 0 aliphatic heterocycles. The summed E-state index contributed by atoms with van der Waals surface area (Å²) in [6.07, 6.45) is 0. The number of aryl methyl sites for hydroxylation is 1. The summed E-state index contributed by atoms with van der Waals surface area (Å²) >= 11 is 7.62. The Morgan fingerprint density at radius 3 is 2.80 bits per heavy atom. The van der Waals surface area contributed by atoms with Gasteiger partial charge >= 0.3 is 0 Å². The van der Waals surface area contributed by atoms with E-state index in [2.05, 4.69) is 15.3 Å². The number of halogens is 2. The minimum Gasteiger partial charge on any atom is -0.372 e. The number of thiophene rings is 1. The van der Waals surface area contributed by atoms with E-state index in [0.29, 0.717) is 16.7 Å². The zero-order valence-corrected chi connectivity index (χ0v) is 12.4. The number of fused-ring (bicyclic) bond motifs is 1. The van der Waals surface area contributed by atoms with Crippen LogP contribution in [0, 0.1) is 12.7 Å². The maximum Gasteiger partial charge on any atom is 0.167 e. The number of rotatable bonds is 2. The number of anilines is 1. The fourth-order valence-electron chi connectivity index (χ4n) is 2.06. The van der Waals surface area contributed by atoms with Gasteiger partial charge in [0.05, 0.1) is 16.0 Å². The molecule has 6 heteroatoms. The van der Waals surface area contributed by atoms with Crippen LogP contribution in [0.4, 0.5) is 10.2 Å². The van der Waals surface area contributed by atoms with Crippen molar-refractivity contribution in [3.05, 3.63) is 40.0 Å². The summed E-state index contributed by atoms with van der Waals surface area (Å²) in [6.45, 7) is 2.00. The highest BCUT2D eigenvalue weighted by molar-refractivity contribution is 7.18. The van der Waals surface area contributed by atoms with Crippen molar-refractivity contribution in [1.29, 1.82) is 0 Å². The molecule has 0 saturated carbocycles. The third-order valence-electron chi connectivity index (χ3n) is 2.94. The van der Waals surface area contributed by atoms with Crippen molar-refractivity contribution in [2.75, 3.05) is 12.4 Å². The second kappa shape index (κ2) is 5.00. The van der Waals surface area contributed by atoms with Crippen molar-refractivity contribution in [2.24, 2.45) is 0 Å². The second-order valence-corrected chi connectivity index (χ2v) is 5.96. The first-order valence-corrected chi connectivity index (χ1v) is 7.20. The molecule has 0 spiro atoms. The molecule has 2 heterocycles. The van der Waals surface area contributed by atoms with Gasteiger partial charge in [0, 0.05) is 11.9 Å². The van der Waals surface area contributed by atoms with Crippen molar-refractivity contribution in [1.82, 2.24) is 9.97 Å². The number of nitrogens with one attached hydrogen (secondary N) is 1. The van der Waals surface area contributed by atoms with Crippen LogP contribution in [-0.4, -0.2) is 17.0 Å². The summed E-state index contributed by atoms with van der Waals surface area (Å²) in [5.74, 6) is 0.549. The normalized spacial score (nSPS) is 11.0. The first-order valence-electron chi connectivity index (χ1n) is 6.00. The molecule has 0 saturated heterocycles. The molecule has 102 valence electrons. The zero-order chi connectivity index (χ0) is 14.3. The maximum absolute atomic E-state index is 14.0. The van der Waals surface area contributed by atoms with Crippen LogP contribution in [0.25, 0.3) is 21.6 Å². The predicted octanol–water partition coefficient (Wildman–Crippen LogP) is 4.50. The van der Waals surface area contributed by atoms with E-state index >= 15 is 0 Å². The largest absolute Gasteiger partial charge is 0.372 e. The van der Waals surface area contributed by atoms with Crippen molar-refractivity contribution < 1.29 is 4.39 Å². The van der Waals surface area contributed by atoms with Crippen LogP contribution in [0.15, 0.2) is 24.3 Å². The van der Waals surface area contributed by atoms with Crippen LogP contribution in [0.1, 0.15) is 4.88 Å². The summed E-state index contributed by atoms with van der Waals surface area (Å²) in [7, 11) is 1.78. The lowest BCUT2D eigenvalue weighted by molar-refractivity contribution is 0.630. The highest BCUT2D eigenvalue weighted by Crippen LogP contribution is 2.34. The van der Waals surface area contributed by atoms with Gasteiger partial charge in [-0.1, -0.05) is 17.7 Å². The average molecular weight is 308 g/mol. The first-order chi connectivity index (χ1) is 9.60. The molecule has 0 aliphatic carbocycles. The van der Waals surface area contributed by atoms with Crippen molar-refractivity contribution >= 4 is 39.0 Å². The van der Waals surface area contributed by atoms with Gasteiger partial charge in [0.1, 0.15) is 16.5 Å². The molecule has 0 unspecified atom stereocenters. The molecule has 3 aromatic rings. The van der Waals surface area contributed by atoms with Gasteiger partial charge in [-0.3, -0.25) is 0 Å². The first kappa shape index (κ1) is 13.3. The highest BCUT2D eigenvalue weighted by atomic mass is 35.5. The summed E-state index contributed by atoms with van der Waals surface area (Å²) in [4.78, 5) is 10.8. The molecule has 0 radical (unpaired) electrons. The van der Waals surface area contributed by atoms with E-state index in [1.54, 1.807) is 30.5 Å². The minimum atomic E-state index is -0.424. The molecule has 0 fully saturated rings. The summed E-state index contributed by atoms with van der Waals surface area (Å²) in [6, 6.07) is 6.56. The van der Waals surface area contributed by atoms with Gasteiger partial charge in [0.15, 0.2) is 5.82 Å². The monoisotopic (exact) mass is 307 g/mol. The van der Waals surface area contributed by atoms with Gasteiger partial charge in [-0.2, -0.15) is 0 Å². The van der Waals surface area contributed by atoms with E-state index in [4.69, 9.17) is 11.6 Å². The van der Waals surface area contributed by atoms with E-state index in [9.17, 15) is 4.39 Å². The second-order valence-electron chi connectivity index (χ2n) is 4.32. The highest BCUT2D eigenvalue weighted by Gasteiger charge is 2.16. The molecular formula is C14H11ClFN3S. The molecule has 2 aromatic heterocycles. The number of nitrogens with zero attached hydrogens (tertiary/aromatic N) is 2. The van der Waals surface area contributed by atoms with Crippen molar-refractivity contribution in [3.63, 3.8) is 0 Å². The van der Waals surface area contributed by atoms with E-state index in [1.165, 1.54) is 6.07 Å². The number of hydrogen-bond donors (Lipinski definition) is 1. The molecule has 0 amide bonds. The van der Waals surface area contributed by atoms with Crippen LogP contribution >= 0.6 is 22.9 Å². The molecule has 1 N–H and O–H groups in total. The molecule has 1 aromatic carbocycles. The number of aromatic nitrogens is 2. The fraction of sp³-hybridized carbons (Fsp3) is 0.143. The number of benzene rings is 1. The van der Waals surface area contributed by atoms with E-state index in [-0.39, 0.29) is 5.56 Å². The van der Waals surface area contributed by atoms with Gasteiger partial charge in [-0.05, 0) is 25.1 Å². The van der Waals surface area contributed by atoms with Crippen LogP contribution in [0.3, 0.4) is 0 Å². The minimum absolute atomic E-state index is 0.235. The SMILES string of the molecule is CNc1nc(-c2c(F)cccc2Cl)nc2sc(C)cc12. The Kier molecular flexibility index (Phi) is 3.31. The molecule has 3 nitrogen and oxygen atoms in total. The average Bonchev–Trinajstić information content (AvgIpc) is 2.77. The van der Waals surface area contributed by atoms with Gasteiger partial charge in [0.25, 0.3) is 0 Å². The topological polar surface area (TPSA) is 37.8 Å². The number of hydrogen-bond acceptors (Lipinski definition) is 4. The van der Waals surface area contributed by atoms with E-state index in [0.717, 1.165) is 15.1 Å². The van der Waals surface area contributed by atoms with Crippen molar-refractivity contribution in [3.8, 4) is 11.4 Å². The van der Waals surface area contributed by atoms with Crippen molar-refractivity contribution in [2.45, 2.75) is 6.92 Å². The lowest BCUT2D eigenvalue weighted by atomic mass is 10.2. The Bertz CT molecular complexity index is 780. The maximum atomic E-state index is 14.0. The molecule has 20 heavy (non-hydrogen) atoms. The lowest BCUT2D eigenvalue weighted by Gasteiger charge is -2.07. The Hall–Kier alpha value is -1.72. The molecule has 0 atom stereocenters. The molecular weight excluding hydrogens is 297 g/mol. The quantitative estimate of drug-likeness (QED) is 0.757. The summed E-state index contributed by atoms with van der Waals surface area (Å²) in [5.41, 5.74) is 0.235. The third kappa shape index (κ3) is 2.13. The standard InChI is InChI=1S/C14H11ClFN3S/c1-7-6-8-12(17-2)18-13(19-14(8)20-7)11-9(15)4-3-5-10(11)16/h3-6H,1-2H3,(H,17,18,19). The Balaban J connectivity index is 2.32. The van der Waals surface area contributed by atoms with Crippen LogP contribution < -0.4 is 5.32 Å². The Morgan fingerprint density at radius 2 is 2.10 bits per heavy atom. The third-order valence-corrected chi connectivity index (χ3v) is 4.20. The molecule has 0 aliphatic rings. The Morgan fingerprint density at radius 1 is 1.30 bits per heavy atom. The lowest BCUT2D eigenvalue weighted by Crippen LogP contribution is -1.99. The molecule has 0 bridgehead atoms. The van der Waals surface area contributed by atoms with Crippen LogP contribution in [0.2, 0.25) is 5.02 Å². The summed E-state index contributed by atoms with van der Waals surface area (Å²) in [5, 5.41) is 4.26. The van der Waals surface area contributed by atoms with Gasteiger partial charge in [-0.25, -0.2) is 14.4 Å².